The van der Waals surface area contributed by atoms with Crippen LogP contribution in [0.2, 0.25) is 5.02 Å². The number of benzene rings is 2. The first-order chi connectivity index (χ1) is 14.7. The number of methoxy groups -OCH3 is 1. The summed E-state index contributed by atoms with van der Waals surface area (Å²) < 4.78 is 7.87. The van der Waals surface area contributed by atoms with Gasteiger partial charge in [0.25, 0.3) is 0 Å². The van der Waals surface area contributed by atoms with Crippen LogP contribution in [0, 0.1) is 20.8 Å². The van der Waals surface area contributed by atoms with Crippen LogP contribution in [0.25, 0.3) is 5.57 Å². The van der Waals surface area contributed by atoms with Gasteiger partial charge in [0.1, 0.15) is 21.1 Å². The zero-order valence-corrected chi connectivity index (χ0v) is 21.9. The lowest BCUT2D eigenvalue weighted by Gasteiger charge is -2.23. The first-order valence-electron chi connectivity index (χ1n) is 9.81. The maximum Gasteiger partial charge on any atom is 0.324 e. The lowest BCUT2D eigenvalue weighted by atomic mass is 9.98. The first kappa shape index (κ1) is 22.6. The number of ether oxygens (including phenoxy) is 1. The summed E-state index contributed by atoms with van der Waals surface area (Å²) in [6.45, 7) is 8.32. The van der Waals surface area contributed by atoms with E-state index in [9.17, 15) is 0 Å². The van der Waals surface area contributed by atoms with Crippen molar-refractivity contribution in [3.63, 3.8) is 0 Å². The Hall–Kier alpha value is -1.64. The van der Waals surface area contributed by atoms with Gasteiger partial charge in [0.2, 0.25) is 0 Å². The Kier molecular flexibility index (Phi) is 6.34. The van der Waals surface area contributed by atoms with Gasteiger partial charge in [-0.2, -0.15) is 0 Å². The molecule has 5 nitrogen and oxygen atoms in total. The van der Waals surface area contributed by atoms with Crippen LogP contribution in [0.4, 0.5) is 5.69 Å². The predicted molar refractivity (Wildman–Crippen MR) is 133 cm³/mol. The van der Waals surface area contributed by atoms with Crippen LogP contribution in [0.3, 0.4) is 0 Å². The topological polar surface area (TPSA) is 36.2 Å². The number of hydrogen-bond donors (Lipinski definition) is 0. The van der Waals surface area contributed by atoms with Crippen LogP contribution in [0.5, 0.6) is 0 Å². The number of hydrazine groups is 1. The predicted octanol–water partition coefficient (Wildman–Crippen LogP) is 6.73. The molecule has 2 aromatic carbocycles. The number of allylic oxidation sites excluding steroid dienone is 1. The number of aryl methyl sites for hydroxylation is 3. The van der Waals surface area contributed by atoms with Gasteiger partial charge in [-0.25, -0.2) is 0 Å². The maximum atomic E-state index is 6.41. The summed E-state index contributed by atoms with van der Waals surface area (Å²) in [5.41, 5.74) is 7.45. The lowest BCUT2D eigenvalue weighted by molar-refractivity contribution is 0.0419. The Morgan fingerprint density at radius 1 is 1.00 bits per heavy atom. The highest BCUT2D eigenvalue weighted by Crippen LogP contribution is 2.41. The molecule has 1 atom stereocenters. The Labute approximate surface area is 204 Å². The van der Waals surface area contributed by atoms with E-state index in [0.29, 0.717) is 5.02 Å². The molecule has 0 bridgehead atoms. The van der Waals surface area contributed by atoms with Crippen LogP contribution in [-0.4, -0.2) is 23.2 Å². The molecule has 2 heterocycles. The number of halogens is 3. The standard InChI is InChI=1S/C23H23Br2ClN4O/c1-13-6-8-17(24)11-19(13)22-16(4)28(20-12-18(26)9-7-14(20)2)30(23(22)31-5)29-15(3)10-21(25)27-29/h6-12,23H,1-5H3/q+1. The molecule has 1 radical (unpaired) electrons. The van der Waals surface area contributed by atoms with Gasteiger partial charge in [-0.1, -0.05) is 39.7 Å². The molecular formula is C23H23Br2ClN4O+. The van der Waals surface area contributed by atoms with E-state index >= 15 is 0 Å². The van der Waals surface area contributed by atoms with Crippen LogP contribution in [0.15, 0.2) is 57.2 Å². The van der Waals surface area contributed by atoms with E-state index < -0.39 is 6.23 Å². The minimum Gasteiger partial charge on any atom is -0.321 e. The second kappa shape index (κ2) is 8.71. The van der Waals surface area contributed by atoms with Crippen molar-refractivity contribution in [2.24, 2.45) is 0 Å². The summed E-state index contributed by atoms with van der Waals surface area (Å²) in [6, 6.07) is 14.2. The Bertz CT molecular complexity index is 1190. The summed E-state index contributed by atoms with van der Waals surface area (Å²) >= 11 is 13.6. The first-order valence-corrected chi connectivity index (χ1v) is 11.8. The molecule has 1 aromatic heterocycles. The highest BCUT2D eigenvalue weighted by Gasteiger charge is 2.52. The zero-order valence-electron chi connectivity index (χ0n) is 17.9. The number of nitrogens with zero attached hydrogens (tertiary/aromatic N) is 4. The van der Waals surface area contributed by atoms with Crippen LogP contribution >= 0.6 is 43.5 Å². The van der Waals surface area contributed by atoms with E-state index in [1.165, 1.54) is 5.56 Å². The minimum atomic E-state index is -0.392. The third-order valence-electron chi connectivity index (χ3n) is 5.51. The molecule has 0 saturated carbocycles. The molecule has 1 aliphatic rings. The van der Waals surface area contributed by atoms with Gasteiger partial charge in [0.05, 0.1) is 11.3 Å². The second-order valence-electron chi connectivity index (χ2n) is 7.61. The van der Waals surface area contributed by atoms with E-state index in [-0.39, 0.29) is 0 Å². The second-order valence-corrected chi connectivity index (χ2v) is 9.77. The van der Waals surface area contributed by atoms with Crippen LogP contribution < -0.4 is 10.1 Å². The Morgan fingerprint density at radius 3 is 2.35 bits per heavy atom. The molecule has 0 fully saturated rings. The average Bonchev–Trinajstić information content (AvgIpc) is 3.20. The van der Waals surface area contributed by atoms with Crippen molar-refractivity contribution >= 4 is 54.7 Å². The molecule has 31 heavy (non-hydrogen) atoms. The highest BCUT2D eigenvalue weighted by atomic mass is 79.9. The van der Waals surface area contributed by atoms with Crippen molar-refractivity contribution in [3.8, 4) is 0 Å². The van der Waals surface area contributed by atoms with Gasteiger partial charge in [-0.15, -0.1) is 10.1 Å². The van der Waals surface area contributed by atoms with Gasteiger partial charge < -0.3 is 4.74 Å². The SMILES string of the molecule is COC1C(c2cc(Br)ccc2C)=C(C)N(c2cc(Cl)ccc2C)[N+]1n1nc(Br)cc1C. The number of rotatable bonds is 4. The van der Waals surface area contributed by atoms with Gasteiger partial charge in [-0.3, -0.25) is 0 Å². The van der Waals surface area contributed by atoms with Crippen molar-refractivity contribution in [1.29, 1.82) is 0 Å². The molecule has 0 amide bonds. The average molecular weight is 567 g/mol. The highest BCUT2D eigenvalue weighted by molar-refractivity contribution is 9.10. The molecule has 0 saturated heterocycles. The number of aromatic nitrogens is 2. The fourth-order valence-corrected chi connectivity index (χ4v) is 5.02. The molecule has 3 aromatic rings. The fourth-order valence-electron chi connectivity index (χ4n) is 4.01. The van der Waals surface area contributed by atoms with Gasteiger partial charge in [-0.05, 0) is 95.4 Å². The molecule has 4 rings (SSSR count). The van der Waals surface area contributed by atoms with E-state index in [1.54, 1.807) is 7.11 Å². The molecule has 0 N–H and O–H groups in total. The summed E-state index contributed by atoms with van der Waals surface area (Å²) in [7, 11) is 1.72. The molecular weight excluding hydrogens is 544 g/mol. The van der Waals surface area contributed by atoms with E-state index in [4.69, 9.17) is 16.3 Å². The monoisotopic (exact) mass is 564 g/mol. The van der Waals surface area contributed by atoms with Crippen molar-refractivity contribution < 1.29 is 4.74 Å². The Morgan fingerprint density at radius 2 is 1.71 bits per heavy atom. The molecule has 1 aliphatic heterocycles. The summed E-state index contributed by atoms with van der Waals surface area (Å²) in [6.07, 6.45) is -0.392. The minimum absolute atomic E-state index is 0.392. The molecule has 8 heteroatoms. The van der Waals surface area contributed by atoms with Gasteiger partial charge >= 0.3 is 6.23 Å². The number of anilines is 1. The Balaban J connectivity index is 2.01. The molecule has 0 aliphatic carbocycles. The van der Waals surface area contributed by atoms with E-state index in [1.807, 2.05) is 41.1 Å². The smallest absolute Gasteiger partial charge is 0.321 e. The lowest BCUT2D eigenvalue weighted by Crippen LogP contribution is -2.53. The summed E-state index contributed by atoms with van der Waals surface area (Å²) in [5, 5.41) is 9.53. The molecule has 0 spiro atoms. The van der Waals surface area contributed by atoms with E-state index in [2.05, 4.69) is 80.9 Å². The van der Waals surface area contributed by atoms with Crippen LogP contribution in [0.1, 0.15) is 29.3 Å². The zero-order chi connectivity index (χ0) is 22.4. The largest absolute Gasteiger partial charge is 0.324 e. The number of hydrogen-bond acceptors (Lipinski definition) is 4. The maximum absolute atomic E-state index is 6.41. The normalized spacial score (nSPS) is 17.2. The van der Waals surface area contributed by atoms with Crippen LogP contribution in [-0.2, 0) is 4.74 Å². The van der Waals surface area contributed by atoms with Crippen molar-refractivity contribution in [3.05, 3.63) is 84.6 Å². The quantitative estimate of drug-likeness (QED) is 0.329. The third kappa shape index (κ3) is 3.98. The molecule has 161 valence electrons. The van der Waals surface area contributed by atoms with Crippen molar-refractivity contribution in [2.45, 2.75) is 33.9 Å². The van der Waals surface area contributed by atoms with Gasteiger partial charge in [0, 0.05) is 16.6 Å². The molecule has 1 unspecified atom stereocenters. The van der Waals surface area contributed by atoms with Gasteiger partial charge in [0.15, 0.2) is 0 Å². The third-order valence-corrected chi connectivity index (χ3v) is 6.63. The fraction of sp³-hybridized carbons (Fsp3) is 0.261. The summed E-state index contributed by atoms with van der Waals surface area (Å²) in [4.78, 5) is 1.86. The van der Waals surface area contributed by atoms with Crippen molar-refractivity contribution in [2.75, 3.05) is 12.1 Å². The van der Waals surface area contributed by atoms with E-state index in [0.717, 1.165) is 42.9 Å². The van der Waals surface area contributed by atoms with Crippen molar-refractivity contribution in [1.82, 2.24) is 15.0 Å². The summed E-state index contributed by atoms with van der Waals surface area (Å²) in [5.74, 6) is 0.